The van der Waals surface area contributed by atoms with Crippen molar-refractivity contribution in [1.29, 1.82) is 0 Å². The van der Waals surface area contributed by atoms with Gasteiger partial charge in [0.05, 0.1) is 0 Å². The van der Waals surface area contributed by atoms with Gasteiger partial charge < -0.3 is 29.3 Å². The summed E-state index contributed by atoms with van der Waals surface area (Å²) in [5.41, 5.74) is 8.14. The molecule has 12 nitrogen and oxygen atoms in total. The predicted molar refractivity (Wildman–Crippen MR) is 162 cm³/mol. The lowest BCUT2D eigenvalue weighted by molar-refractivity contribution is 0.0207. The Morgan fingerprint density at radius 2 is 1.26 bits per heavy atom. The molecule has 1 N–H and O–H groups in total. The number of amides is 3. The number of carbonyl (C=O) groups excluding carboxylic acids is 3. The first-order chi connectivity index (χ1) is 19.8. The molecule has 12 heteroatoms. The number of azide groups is 1. The largest absolute Gasteiger partial charge is 0.445 e. The minimum Gasteiger partial charge on any atom is -0.445 e. The van der Waals surface area contributed by atoms with Crippen LogP contribution in [0.5, 0.6) is 0 Å². The van der Waals surface area contributed by atoms with Gasteiger partial charge in [-0.3, -0.25) is 0 Å². The normalized spacial score (nSPS) is 11.2. The zero-order valence-electron chi connectivity index (χ0n) is 26.3. The summed E-state index contributed by atoms with van der Waals surface area (Å²) in [7, 11) is 0. The quantitative estimate of drug-likeness (QED) is 0.0677. The molecular weight excluding hydrogens is 540 g/mol. The van der Waals surface area contributed by atoms with E-state index in [9.17, 15) is 14.4 Å². The molecule has 1 aromatic carbocycles. The highest BCUT2D eigenvalue weighted by Gasteiger charge is 2.23. The van der Waals surface area contributed by atoms with Gasteiger partial charge >= 0.3 is 18.3 Å². The van der Waals surface area contributed by atoms with Gasteiger partial charge in [0.1, 0.15) is 17.8 Å². The van der Waals surface area contributed by atoms with Gasteiger partial charge in [-0.25, -0.2) is 14.4 Å². The lowest BCUT2D eigenvalue weighted by atomic mass is 10.2. The van der Waals surface area contributed by atoms with Crippen LogP contribution >= 0.6 is 0 Å². The molecule has 0 unspecified atom stereocenters. The molecule has 0 spiro atoms. The molecule has 0 aromatic heterocycles. The van der Waals surface area contributed by atoms with Gasteiger partial charge in [0.2, 0.25) is 0 Å². The van der Waals surface area contributed by atoms with Crippen LogP contribution in [-0.4, -0.2) is 78.6 Å². The average Bonchev–Trinajstić information content (AvgIpc) is 2.90. The van der Waals surface area contributed by atoms with Crippen LogP contribution in [0.2, 0.25) is 0 Å². The van der Waals surface area contributed by atoms with Crippen LogP contribution in [0.25, 0.3) is 10.4 Å². The van der Waals surface area contributed by atoms with Gasteiger partial charge in [-0.05, 0) is 91.2 Å². The number of alkyl carbamates (subject to hydrolysis) is 1. The topological polar surface area (TPSA) is 146 Å². The Balaban J connectivity index is 2.54. The summed E-state index contributed by atoms with van der Waals surface area (Å²) < 4.78 is 16.4. The van der Waals surface area contributed by atoms with E-state index in [2.05, 4.69) is 15.3 Å². The third-order valence-corrected chi connectivity index (χ3v) is 5.75. The Hall–Kier alpha value is -3.66. The number of carbonyl (C=O) groups is 3. The molecule has 1 aromatic rings. The van der Waals surface area contributed by atoms with E-state index in [1.807, 2.05) is 71.9 Å². The van der Waals surface area contributed by atoms with Crippen molar-refractivity contribution in [3.63, 3.8) is 0 Å². The summed E-state index contributed by atoms with van der Waals surface area (Å²) >= 11 is 0. The van der Waals surface area contributed by atoms with Gasteiger partial charge in [0.15, 0.2) is 0 Å². The third-order valence-electron chi connectivity index (χ3n) is 5.75. The molecule has 3 amide bonds. The van der Waals surface area contributed by atoms with Crippen molar-refractivity contribution in [2.24, 2.45) is 5.11 Å². The summed E-state index contributed by atoms with van der Waals surface area (Å²) in [5, 5.41) is 6.29. The minimum atomic E-state index is -0.623. The van der Waals surface area contributed by atoms with Crippen LogP contribution in [0.3, 0.4) is 0 Å². The molecule has 0 aliphatic carbocycles. The highest BCUT2D eigenvalue weighted by molar-refractivity contribution is 5.68. The van der Waals surface area contributed by atoms with E-state index in [0.29, 0.717) is 77.8 Å². The van der Waals surface area contributed by atoms with Crippen LogP contribution in [0.4, 0.5) is 14.4 Å². The number of hydrogen-bond acceptors (Lipinski definition) is 7. The molecular formula is C30H50N6O6. The fourth-order valence-corrected chi connectivity index (χ4v) is 3.77. The zero-order valence-corrected chi connectivity index (χ0v) is 26.3. The number of nitrogens with one attached hydrogen (secondary N) is 1. The molecule has 1 rings (SSSR count). The van der Waals surface area contributed by atoms with E-state index in [4.69, 9.17) is 19.7 Å². The second kappa shape index (κ2) is 19.5. The lowest BCUT2D eigenvalue weighted by Crippen LogP contribution is -2.39. The highest BCUT2D eigenvalue weighted by Crippen LogP contribution is 2.14. The Bertz CT molecular complexity index is 986. The number of nitrogens with zero attached hydrogens (tertiary/aromatic N) is 5. The lowest BCUT2D eigenvalue weighted by Gasteiger charge is -2.29. The third kappa shape index (κ3) is 18.6. The maximum Gasteiger partial charge on any atom is 0.410 e. The summed E-state index contributed by atoms with van der Waals surface area (Å²) in [6.45, 7) is 13.9. The van der Waals surface area contributed by atoms with Crippen molar-refractivity contribution in [2.75, 3.05) is 39.3 Å². The van der Waals surface area contributed by atoms with Gasteiger partial charge in [-0.2, -0.15) is 0 Å². The van der Waals surface area contributed by atoms with Crippen LogP contribution < -0.4 is 5.32 Å². The van der Waals surface area contributed by atoms with Crippen LogP contribution in [-0.2, 0) is 20.8 Å². The summed E-state index contributed by atoms with van der Waals surface area (Å²) in [6, 6.07) is 9.47. The van der Waals surface area contributed by atoms with Crippen molar-refractivity contribution in [3.8, 4) is 0 Å². The Morgan fingerprint density at radius 1 is 0.786 bits per heavy atom. The number of benzene rings is 1. The molecule has 0 aliphatic heterocycles. The van der Waals surface area contributed by atoms with Crippen molar-refractivity contribution < 1.29 is 28.6 Å². The number of unbranched alkanes of at least 4 members (excludes halogenated alkanes) is 3. The standard InChI is InChI=1S/C30H50N6O6/c1-29(2,3)41-27(38)35(20-12-10-18-32-26(37)40-24-25-16-8-7-9-17-25)22-14-15-23-36(21-13-11-19-33-34-31)28(39)42-30(4,5)6/h7-9,16-17H,10-15,18-24H2,1-6H3,(H,32,37). The van der Waals surface area contributed by atoms with Gasteiger partial charge in [0, 0.05) is 44.2 Å². The smallest absolute Gasteiger partial charge is 0.410 e. The second-order valence-corrected chi connectivity index (χ2v) is 12.0. The predicted octanol–water partition coefficient (Wildman–Crippen LogP) is 7.04. The van der Waals surface area contributed by atoms with Crippen molar-refractivity contribution in [2.45, 2.75) is 97.9 Å². The Labute approximate surface area is 250 Å². The average molecular weight is 591 g/mol. The van der Waals surface area contributed by atoms with Crippen LogP contribution in [0.1, 0.15) is 85.6 Å². The first kappa shape index (κ1) is 36.4. The van der Waals surface area contributed by atoms with E-state index in [0.717, 1.165) is 5.56 Å². The molecule has 42 heavy (non-hydrogen) atoms. The van der Waals surface area contributed by atoms with Crippen molar-refractivity contribution >= 4 is 18.3 Å². The van der Waals surface area contributed by atoms with Gasteiger partial charge in [0.25, 0.3) is 0 Å². The first-order valence-electron chi connectivity index (χ1n) is 14.7. The monoisotopic (exact) mass is 590 g/mol. The van der Waals surface area contributed by atoms with E-state index < -0.39 is 17.3 Å². The maximum absolute atomic E-state index is 12.9. The Morgan fingerprint density at radius 3 is 1.74 bits per heavy atom. The van der Waals surface area contributed by atoms with E-state index in [-0.39, 0.29) is 18.8 Å². The van der Waals surface area contributed by atoms with E-state index in [1.165, 1.54) is 0 Å². The molecule has 0 radical (unpaired) electrons. The fraction of sp³-hybridized carbons (Fsp3) is 0.700. The van der Waals surface area contributed by atoms with Crippen LogP contribution in [0.15, 0.2) is 35.4 Å². The second-order valence-electron chi connectivity index (χ2n) is 12.0. The SMILES string of the molecule is CC(C)(C)OC(=O)N(CCCCN=[N+]=[N-])CCCCN(CCCCNC(=O)OCc1ccccc1)C(=O)OC(C)(C)C. The maximum atomic E-state index is 12.9. The Kier molecular flexibility index (Phi) is 16.8. The van der Waals surface area contributed by atoms with Gasteiger partial charge in [-0.15, -0.1) is 0 Å². The molecule has 0 heterocycles. The number of hydrogen-bond donors (Lipinski definition) is 1. The molecule has 0 saturated carbocycles. The molecule has 0 fully saturated rings. The summed E-state index contributed by atoms with van der Waals surface area (Å²) in [4.78, 5) is 43.7. The van der Waals surface area contributed by atoms with E-state index in [1.54, 1.807) is 9.80 Å². The molecule has 0 saturated heterocycles. The van der Waals surface area contributed by atoms with Gasteiger partial charge in [-0.1, -0.05) is 35.4 Å². The summed E-state index contributed by atoms with van der Waals surface area (Å²) in [5.74, 6) is 0. The van der Waals surface area contributed by atoms with E-state index >= 15 is 0 Å². The zero-order chi connectivity index (χ0) is 31.4. The molecule has 0 aliphatic rings. The fourth-order valence-electron chi connectivity index (χ4n) is 3.77. The van der Waals surface area contributed by atoms with Crippen LogP contribution in [0, 0.1) is 0 Å². The molecule has 0 atom stereocenters. The number of rotatable bonds is 17. The number of ether oxygens (including phenoxy) is 3. The van der Waals surface area contributed by atoms with Crippen molar-refractivity contribution in [3.05, 3.63) is 46.3 Å². The minimum absolute atomic E-state index is 0.209. The highest BCUT2D eigenvalue weighted by atomic mass is 16.6. The molecule has 0 bridgehead atoms. The van der Waals surface area contributed by atoms with Crippen molar-refractivity contribution in [1.82, 2.24) is 15.1 Å². The summed E-state index contributed by atoms with van der Waals surface area (Å²) in [6.07, 6.45) is 2.80. The molecule has 236 valence electrons. The first-order valence-corrected chi connectivity index (χ1v) is 14.7.